The Balaban J connectivity index is 1.54. The van der Waals surface area contributed by atoms with Gasteiger partial charge in [-0.25, -0.2) is 9.18 Å². The molecule has 28 heavy (non-hydrogen) atoms. The van der Waals surface area contributed by atoms with Crippen LogP contribution >= 0.6 is 0 Å². The first kappa shape index (κ1) is 18.7. The molecule has 2 atom stereocenters. The monoisotopic (exact) mass is 388 g/mol. The smallest absolute Gasteiger partial charge is 0.321 e. The van der Waals surface area contributed by atoms with Gasteiger partial charge in [0.2, 0.25) is 11.8 Å². The van der Waals surface area contributed by atoms with Gasteiger partial charge in [-0.1, -0.05) is 12.1 Å². The number of nitrogens with zero attached hydrogens (tertiary/aromatic N) is 3. The number of para-hydroxylation sites is 1. The lowest BCUT2D eigenvalue weighted by Gasteiger charge is -2.32. The van der Waals surface area contributed by atoms with Crippen molar-refractivity contribution in [1.82, 2.24) is 14.7 Å². The summed E-state index contributed by atoms with van der Waals surface area (Å²) >= 11 is 0. The molecule has 3 heterocycles. The average molecular weight is 388 g/mol. The van der Waals surface area contributed by atoms with E-state index in [0.29, 0.717) is 19.6 Å². The molecule has 7 nitrogen and oxygen atoms in total. The van der Waals surface area contributed by atoms with Gasteiger partial charge >= 0.3 is 6.03 Å². The van der Waals surface area contributed by atoms with E-state index < -0.39 is 17.3 Å². The van der Waals surface area contributed by atoms with Crippen LogP contribution in [0.25, 0.3) is 0 Å². The average Bonchev–Trinajstić information content (AvgIpc) is 3.37. The molecule has 3 aliphatic heterocycles. The van der Waals surface area contributed by atoms with Crippen LogP contribution in [0.2, 0.25) is 0 Å². The largest absolute Gasteiger partial charge is 0.342 e. The van der Waals surface area contributed by atoms with Gasteiger partial charge in [0.05, 0.1) is 11.1 Å². The second-order valence-corrected chi connectivity index (χ2v) is 8.04. The molecule has 3 aliphatic rings. The van der Waals surface area contributed by atoms with Crippen LogP contribution in [0, 0.1) is 17.2 Å². The maximum absolute atomic E-state index is 13.9. The van der Waals surface area contributed by atoms with Crippen molar-refractivity contribution in [3.63, 3.8) is 0 Å². The zero-order chi connectivity index (χ0) is 19.9. The van der Waals surface area contributed by atoms with Crippen LogP contribution in [0.15, 0.2) is 24.3 Å². The van der Waals surface area contributed by atoms with Gasteiger partial charge in [0.25, 0.3) is 0 Å². The van der Waals surface area contributed by atoms with E-state index in [9.17, 15) is 18.8 Å². The molecule has 4 amide bonds. The van der Waals surface area contributed by atoms with E-state index >= 15 is 0 Å². The van der Waals surface area contributed by atoms with Crippen molar-refractivity contribution < 1.29 is 18.8 Å². The first-order chi connectivity index (χ1) is 13.4. The molecule has 1 aromatic rings. The second-order valence-electron chi connectivity index (χ2n) is 8.04. The number of urea groups is 1. The van der Waals surface area contributed by atoms with Crippen molar-refractivity contribution >= 4 is 23.5 Å². The molecule has 1 aromatic carbocycles. The van der Waals surface area contributed by atoms with E-state index in [1.165, 1.54) is 19.1 Å². The van der Waals surface area contributed by atoms with Crippen molar-refractivity contribution in [3.05, 3.63) is 30.1 Å². The van der Waals surface area contributed by atoms with E-state index in [4.69, 9.17) is 0 Å². The number of anilines is 1. The summed E-state index contributed by atoms with van der Waals surface area (Å²) in [6, 6.07) is 5.60. The topological polar surface area (TPSA) is 73.0 Å². The minimum absolute atomic E-state index is 0.0416. The molecule has 0 bridgehead atoms. The molecule has 8 heteroatoms. The maximum Gasteiger partial charge on any atom is 0.321 e. The molecule has 0 unspecified atom stereocenters. The Kier molecular flexibility index (Phi) is 4.72. The normalized spacial score (nSPS) is 26.5. The standard InChI is InChI=1S/C20H25FN4O3/c1-14(26)24-10-15-11-25(19(28)22-17-7-3-2-6-16(17)21)13-20(15,12-24)18(27)23-8-4-5-9-23/h2-3,6-7,15H,4-5,8-13H2,1H3,(H,22,28)/t15-,20-/m0/s1. The third-order valence-electron chi connectivity index (χ3n) is 6.28. The number of hydrogen-bond acceptors (Lipinski definition) is 3. The van der Waals surface area contributed by atoms with Crippen LogP contribution in [-0.4, -0.2) is 71.8 Å². The first-order valence-electron chi connectivity index (χ1n) is 9.76. The Morgan fingerprint density at radius 3 is 2.36 bits per heavy atom. The molecule has 0 spiro atoms. The number of amides is 4. The number of nitrogens with one attached hydrogen (secondary N) is 1. The Morgan fingerprint density at radius 1 is 1.04 bits per heavy atom. The van der Waals surface area contributed by atoms with E-state index in [0.717, 1.165) is 25.9 Å². The second kappa shape index (κ2) is 7.07. The summed E-state index contributed by atoms with van der Waals surface area (Å²) in [7, 11) is 0. The Morgan fingerprint density at radius 2 is 1.68 bits per heavy atom. The summed E-state index contributed by atoms with van der Waals surface area (Å²) in [4.78, 5) is 43.2. The molecule has 3 fully saturated rings. The van der Waals surface area contributed by atoms with Crippen molar-refractivity contribution in [2.45, 2.75) is 19.8 Å². The number of carbonyl (C=O) groups excluding carboxylic acids is 3. The summed E-state index contributed by atoms with van der Waals surface area (Å²) in [6.07, 6.45) is 1.97. The number of carbonyl (C=O) groups is 3. The Labute approximate surface area is 163 Å². The van der Waals surface area contributed by atoms with Crippen molar-refractivity contribution in [3.8, 4) is 0 Å². The van der Waals surface area contributed by atoms with Gasteiger partial charge in [-0.05, 0) is 25.0 Å². The number of halogens is 1. The maximum atomic E-state index is 13.9. The molecule has 0 saturated carbocycles. The third kappa shape index (κ3) is 3.10. The van der Waals surface area contributed by atoms with Gasteiger partial charge in [0, 0.05) is 52.1 Å². The van der Waals surface area contributed by atoms with Gasteiger partial charge in [0.1, 0.15) is 5.82 Å². The predicted molar refractivity (Wildman–Crippen MR) is 101 cm³/mol. The van der Waals surface area contributed by atoms with Crippen LogP contribution in [0.1, 0.15) is 19.8 Å². The van der Waals surface area contributed by atoms with E-state index in [1.54, 1.807) is 21.9 Å². The molecule has 1 N–H and O–H groups in total. The first-order valence-corrected chi connectivity index (χ1v) is 9.76. The van der Waals surface area contributed by atoms with Crippen LogP contribution in [0.4, 0.5) is 14.9 Å². The molecule has 150 valence electrons. The lowest BCUT2D eigenvalue weighted by Crippen LogP contribution is -2.49. The SMILES string of the molecule is CC(=O)N1C[C@H]2CN(C(=O)Nc3ccccc3F)C[C@@]2(C(=O)N2CCCC2)C1. The third-order valence-corrected chi connectivity index (χ3v) is 6.28. The van der Waals surface area contributed by atoms with Gasteiger partial charge < -0.3 is 20.0 Å². The highest BCUT2D eigenvalue weighted by molar-refractivity contribution is 5.92. The zero-order valence-electron chi connectivity index (χ0n) is 16.0. The minimum atomic E-state index is -0.761. The molecular formula is C20H25FN4O3. The number of fused-ring (bicyclic) bond motifs is 1. The number of rotatable bonds is 2. The highest BCUT2D eigenvalue weighted by Gasteiger charge is 2.59. The summed E-state index contributed by atoms with van der Waals surface area (Å²) in [5.74, 6) is -0.609. The van der Waals surface area contributed by atoms with Gasteiger partial charge in [0.15, 0.2) is 0 Å². The zero-order valence-corrected chi connectivity index (χ0v) is 16.0. The fraction of sp³-hybridized carbons (Fsp3) is 0.550. The van der Waals surface area contributed by atoms with Gasteiger partial charge in [-0.3, -0.25) is 9.59 Å². The Bertz CT molecular complexity index is 810. The molecule has 4 rings (SSSR count). The van der Waals surface area contributed by atoms with Crippen molar-refractivity contribution in [2.75, 3.05) is 44.6 Å². The Hall–Kier alpha value is -2.64. The summed E-state index contributed by atoms with van der Waals surface area (Å²) in [6.45, 7) is 4.41. The van der Waals surface area contributed by atoms with Crippen LogP contribution < -0.4 is 5.32 Å². The summed E-state index contributed by atoms with van der Waals surface area (Å²) in [5, 5.41) is 2.61. The van der Waals surface area contributed by atoms with E-state index in [1.807, 2.05) is 4.90 Å². The lowest BCUT2D eigenvalue weighted by atomic mass is 9.79. The molecular weight excluding hydrogens is 363 g/mol. The van der Waals surface area contributed by atoms with Gasteiger partial charge in [-0.2, -0.15) is 0 Å². The van der Waals surface area contributed by atoms with Gasteiger partial charge in [-0.15, -0.1) is 0 Å². The van der Waals surface area contributed by atoms with Crippen LogP contribution in [-0.2, 0) is 9.59 Å². The quantitative estimate of drug-likeness (QED) is 0.839. The molecule has 3 saturated heterocycles. The van der Waals surface area contributed by atoms with Crippen LogP contribution in [0.5, 0.6) is 0 Å². The fourth-order valence-corrected chi connectivity index (χ4v) is 4.75. The number of likely N-dealkylation sites (tertiary alicyclic amines) is 3. The fourth-order valence-electron chi connectivity index (χ4n) is 4.75. The molecule has 0 aromatic heterocycles. The molecule has 0 aliphatic carbocycles. The van der Waals surface area contributed by atoms with Crippen molar-refractivity contribution in [2.24, 2.45) is 11.3 Å². The van der Waals surface area contributed by atoms with Crippen molar-refractivity contribution in [1.29, 1.82) is 0 Å². The number of hydrogen-bond donors (Lipinski definition) is 1. The lowest BCUT2D eigenvalue weighted by molar-refractivity contribution is -0.141. The molecule has 0 radical (unpaired) electrons. The van der Waals surface area contributed by atoms with Crippen LogP contribution in [0.3, 0.4) is 0 Å². The predicted octanol–water partition coefficient (Wildman–Crippen LogP) is 1.76. The number of benzene rings is 1. The summed E-state index contributed by atoms with van der Waals surface area (Å²) in [5.41, 5.74) is -0.641. The summed E-state index contributed by atoms with van der Waals surface area (Å²) < 4.78 is 13.9. The highest BCUT2D eigenvalue weighted by atomic mass is 19.1. The minimum Gasteiger partial charge on any atom is -0.342 e. The highest BCUT2D eigenvalue weighted by Crippen LogP contribution is 2.44. The van der Waals surface area contributed by atoms with E-state index in [-0.39, 0.29) is 30.0 Å². The van der Waals surface area contributed by atoms with E-state index in [2.05, 4.69) is 5.32 Å².